The largest absolute Gasteiger partial charge is 0.493 e. The van der Waals surface area contributed by atoms with Crippen LogP contribution in [-0.2, 0) is 16.0 Å². The molecule has 0 amide bonds. The number of para-hydroxylation sites is 1. The molecule has 1 unspecified atom stereocenters. The van der Waals surface area contributed by atoms with Crippen LogP contribution in [0, 0.1) is 0 Å². The van der Waals surface area contributed by atoms with Crippen LogP contribution in [0.4, 0.5) is 0 Å². The molecule has 0 spiro atoms. The molecule has 0 bridgehead atoms. The molecule has 0 aliphatic rings. The number of benzene rings is 1. The molecule has 0 saturated heterocycles. The molecular formula is C16H25NO3. The second-order valence-corrected chi connectivity index (χ2v) is 4.85. The van der Waals surface area contributed by atoms with Crippen LogP contribution in [0.5, 0.6) is 5.75 Å². The van der Waals surface area contributed by atoms with Gasteiger partial charge in [-0.3, -0.25) is 4.79 Å². The van der Waals surface area contributed by atoms with Crippen molar-refractivity contribution in [1.82, 2.24) is 0 Å². The molecule has 0 radical (unpaired) electrons. The minimum absolute atomic E-state index is 0.400. The van der Waals surface area contributed by atoms with Gasteiger partial charge in [0.25, 0.3) is 0 Å². The van der Waals surface area contributed by atoms with Crippen molar-refractivity contribution in [1.29, 1.82) is 0 Å². The molecule has 112 valence electrons. The number of nitrogens with two attached hydrogens (primary N) is 1. The van der Waals surface area contributed by atoms with Crippen LogP contribution in [0.3, 0.4) is 0 Å². The highest BCUT2D eigenvalue weighted by Gasteiger charge is 2.16. The summed E-state index contributed by atoms with van der Waals surface area (Å²) in [5.74, 6) is 0.408. The van der Waals surface area contributed by atoms with E-state index in [0.717, 1.165) is 17.7 Å². The summed E-state index contributed by atoms with van der Waals surface area (Å²) in [6.07, 6.45) is 5.10. The van der Waals surface area contributed by atoms with E-state index in [1.165, 1.54) is 26.4 Å². The highest BCUT2D eigenvalue weighted by atomic mass is 16.5. The van der Waals surface area contributed by atoms with Crippen molar-refractivity contribution in [2.75, 3.05) is 13.7 Å². The van der Waals surface area contributed by atoms with Crippen LogP contribution in [0.25, 0.3) is 0 Å². The van der Waals surface area contributed by atoms with E-state index < -0.39 is 12.0 Å². The molecule has 0 aromatic heterocycles. The highest BCUT2D eigenvalue weighted by Crippen LogP contribution is 2.20. The van der Waals surface area contributed by atoms with E-state index in [2.05, 4.69) is 11.7 Å². The number of methoxy groups -OCH3 is 1. The zero-order valence-corrected chi connectivity index (χ0v) is 12.4. The summed E-state index contributed by atoms with van der Waals surface area (Å²) in [5.41, 5.74) is 6.74. The van der Waals surface area contributed by atoms with E-state index in [-0.39, 0.29) is 0 Å². The van der Waals surface area contributed by atoms with Gasteiger partial charge in [0.1, 0.15) is 11.8 Å². The standard InChI is InChI=1S/C16H25NO3/c1-3-4-5-8-11-20-15-10-7-6-9-13(15)12-14(17)16(18)19-2/h6-7,9-10,14H,3-5,8,11-12,17H2,1-2H3. The number of hydrogen-bond donors (Lipinski definition) is 1. The minimum Gasteiger partial charge on any atom is -0.493 e. The predicted octanol–water partition coefficient (Wildman–Crippen LogP) is 2.69. The first-order chi connectivity index (χ1) is 9.69. The molecule has 4 heteroatoms. The second-order valence-electron chi connectivity index (χ2n) is 4.85. The van der Waals surface area contributed by atoms with E-state index in [4.69, 9.17) is 10.5 Å². The van der Waals surface area contributed by atoms with Crippen molar-refractivity contribution >= 4 is 5.97 Å². The van der Waals surface area contributed by atoms with E-state index in [9.17, 15) is 4.79 Å². The summed E-state index contributed by atoms with van der Waals surface area (Å²) < 4.78 is 10.4. The summed E-state index contributed by atoms with van der Waals surface area (Å²) in [7, 11) is 1.35. The average Bonchev–Trinajstić information content (AvgIpc) is 2.47. The third-order valence-electron chi connectivity index (χ3n) is 3.17. The second kappa shape index (κ2) is 9.37. The summed E-state index contributed by atoms with van der Waals surface area (Å²) >= 11 is 0. The number of ether oxygens (including phenoxy) is 2. The molecule has 20 heavy (non-hydrogen) atoms. The average molecular weight is 279 g/mol. The zero-order chi connectivity index (χ0) is 14.8. The van der Waals surface area contributed by atoms with E-state index in [1.807, 2.05) is 24.3 Å². The Kier molecular flexibility index (Phi) is 7.73. The summed E-state index contributed by atoms with van der Waals surface area (Å²) in [6.45, 7) is 2.88. The monoisotopic (exact) mass is 279 g/mol. The lowest BCUT2D eigenvalue weighted by atomic mass is 10.1. The van der Waals surface area contributed by atoms with Crippen LogP contribution in [0.2, 0.25) is 0 Å². The lowest BCUT2D eigenvalue weighted by molar-refractivity contribution is -0.142. The minimum atomic E-state index is -0.648. The Labute approximate surface area is 121 Å². The van der Waals surface area contributed by atoms with Crippen molar-refractivity contribution in [2.45, 2.75) is 45.1 Å². The lowest BCUT2D eigenvalue weighted by Gasteiger charge is -2.14. The molecule has 1 rings (SSSR count). The lowest BCUT2D eigenvalue weighted by Crippen LogP contribution is -2.33. The van der Waals surface area contributed by atoms with Crippen LogP contribution in [0.1, 0.15) is 38.2 Å². The molecule has 0 heterocycles. The Morgan fingerprint density at radius 2 is 2.00 bits per heavy atom. The fourth-order valence-corrected chi connectivity index (χ4v) is 2.00. The molecule has 2 N–H and O–H groups in total. The number of esters is 1. The van der Waals surface area contributed by atoms with Crippen LogP contribution in [0.15, 0.2) is 24.3 Å². The number of hydrogen-bond acceptors (Lipinski definition) is 4. The van der Waals surface area contributed by atoms with Crippen LogP contribution in [-0.4, -0.2) is 25.7 Å². The highest BCUT2D eigenvalue weighted by molar-refractivity contribution is 5.75. The van der Waals surface area contributed by atoms with Crippen molar-refractivity contribution in [3.05, 3.63) is 29.8 Å². The molecule has 0 fully saturated rings. The van der Waals surface area contributed by atoms with Gasteiger partial charge in [0, 0.05) is 6.42 Å². The zero-order valence-electron chi connectivity index (χ0n) is 12.4. The molecule has 0 aliphatic heterocycles. The Balaban J connectivity index is 2.52. The maximum absolute atomic E-state index is 11.4. The third kappa shape index (κ3) is 5.61. The van der Waals surface area contributed by atoms with E-state index in [1.54, 1.807) is 0 Å². The van der Waals surface area contributed by atoms with Crippen LogP contribution >= 0.6 is 0 Å². The molecule has 1 aromatic carbocycles. The third-order valence-corrected chi connectivity index (χ3v) is 3.17. The molecule has 0 aliphatic carbocycles. The van der Waals surface area contributed by atoms with Crippen molar-refractivity contribution in [2.24, 2.45) is 5.73 Å². The maximum atomic E-state index is 11.4. The van der Waals surface area contributed by atoms with Gasteiger partial charge in [0.15, 0.2) is 0 Å². The van der Waals surface area contributed by atoms with Gasteiger partial charge in [0.2, 0.25) is 0 Å². The first-order valence-electron chi connectivity index (χ1n) is 7.23. The first-order valence-corrected chi connectivity index (χ1v) is 7.23. The maximum Gasteiger partial charge on any atom is 0.322 e. The Morgan fingerprint density at radius 3 is 2.70 bits per heavy atom. The smallest absolute Gasteiger partial charge is 0.322 e. The summed E-state index contributed by atoms with van der Waals surface area (Å²) in [6, 6.07) is 7.05. The van der Waals surface area contributed by atoms with Gasteiger partial charge in [-0.1, -0.05) is 44.4 Å². The molecule has 4 nitrogen and oxygen atoms in total. The first kappa shape index (κ1) is 16.5. The Hall–Kier alpha value is -1.55. The SMILES string of the molecule is CCCCCCOc1ccccc1CC(N)C(=O)OC. The number of unbranched alkanes of at least 4 members (excludes halogenated alkanes) is 3. The van der Waals surface area contributed by atoms with Gasteiger partial charge in [-0.25, -0.2) is 0 Å². The molecule has 0 saturated carbocycles. The number of rotatable bonds is 9. The summed E-state index contributed by atoms with van der Waals surface area (Å²) in [4.78, 5) is 11.4. The van der Waals surface area contributed by atoms with E-state index in [0.29, 0.717) is 13.0 Å². The Bertz CT molecular complexity index is 406. The van der Waals surface area contributed by atoms with Crippen molar-refractivity contribution in [3.63, 3.8) is 0 Å². The van der Waals surface area contributed by atoms with Crippen molar-refractivity contribution < 1.29 is 14.3 Å². The van der Waals surface area contributed by atoms with Crippen molar-refractivity contribution in [3.8, 4) is 5.75 Å². The molecule has 1 aromatic rings. The van der Waals surface area contributed by atoms with Gasteiger partial charge >= 0.3 is 5.97 Å². The number of carbonyl (C=O) groups is 1. The normalized spacial score (nSPS) is 11.9. The van der Waals surface area contributed by atoms with E-state index >= 15 is 0 Å². The quantitative estimate of drug-likeness (QED) is 0.557. The Morgan fingerprint density at radius 1 is 1.25 bits per heavy atom. The fraction of sp³-hybridized carbons (Fsp3) is 0.562. The molecular weight excluding hydrogens is 254 g/mol. The summed E-state index contributed by atoms with van der Waals surface area (Å²) in [5, 5.41) is 0. The topological polar surface area (TPSA) is 61.5 Å². The molecule has 1 atom stereocenters. The van der Waals surface area contributed by atoms with Crippen LogP contribution < -0.4 is 10.5 Å². The van der Waals surface area contributed by atoms with Gasteiger partial charge in [-0.2, -0.15) is 0 Å². The van der Waals surface area contributed by atoms with Gasteiger partial charge in [-0.05, 0) is 18.1 Å². The van der Waals surface area contributed by atoms with Gasteiger partial charge in [0.05, 0.1) is 13.7 Å². The van der Waals surface area contributed by atoms with Gasteiger partial charge < -0.3 is 15.2 Å². The van der Waals surface area contributed by atoms with Gasteiger partial charge in [-0.15, -0.1) is 0 Å². The fourth-order valence-electron chi connectivity index (χ4n) is 2.00. The predicted molar refractivity (Wildman–Crippen MR) is 79.8 cm³/mol. The number of carbonyl (C=O) groups excluding carboxylic acids is 1.